The Kier molecular flexibility index (Phi) is 4.17. The molecule has 0 saturated carbocycles. The number of aromatic nitrogens is 2. The van der Waals surface area contributed by atoms with Gasteiger partial charge in [0.1, 0.15) is 18.0 Å². The Balaban J connectivity index is 1.74. The molecule has 2 aromatic heterocycles. The molecule has 0 bridgehead atoms. The number of pyridine rings is 1. The third-order valence-electron chi connectivity index (χ3n) is 3.43. The Labute approximate surface area is 124 Å². The summed E-state index contributed by atoms with van der Waals surface area (Å²) in [5, 5.41) is 4.40. The number of ether oxygens (including phenoxy) is 1. The molecule has 0 aliphatic carbocycles. The van der Waals surface area contributed by atoms with Gasteiger partial charge in [0.05, 0.1) is 6.54 Å². The Morgan fingerprint density at radius 1 is 1.14 bits per heavy atom. The van der Waals surface area contributed by atoms with Crippen LogP contribution in [0.25, 0.3) is 11.0 Å². The first-order chi connectivity index (χ1) is 10.4. The van der Waals surface area contributed by atoms with Crippen LogP contribution in [0, 0.1) is 0 Å². The molecule has 0 spiro atoms. The number of hydrogen-bond donors (Lipinski definition) is 1. The van der Waals surface area contributed by atoms with Crippen LogP contribution in [-0.4, -0.2) is 23.2 Å². The second-order valence-electron chi connectivity index (χ2n) is 4.91. The van der Waals surface area contributed by atoms with Crippen LogP contribution >= 0.6 is 0 Å². The molecule has 1 aromatic carbocycles. The van der Waals surface area contributed by atoms with Gasteiger partial charge in [0.2, 0.25) is 0 Å². The van der Waals surface area contributed by atoms with Crippen molar-refractivity contribution in [2.24, 2.45) is 0 Å². The van der Waals surface area contributed by atoms with Gasteiger partial charge in [0.25, 0.3) is 0 Å². The molecule has 0 unspecified atom stereocenters. The number of para-hydroxylation sites is 1. The van der Waals surface area contributed by atoms with Crippen LogP contribution in [-0.2, 0) is 13.1 Å². The second kappa shape index (κ2) is 6.41. The number of hydrogen-bond acceptors (Lipinski definition) is 3. The lowest BCUT2D eigenvalue weighted by atomic mass is 10.2. The first-order valence-electron chi connectivity index (χ1n) is 7.13. The summed E-state index contributed by atoms with van der Waals surface area (Å²) in [5.74, 6) is 0.900. The lowest BCUT2D eigenvalue weighted by Crippen LogP contribution is -2.08. The van der Waals surface area contributed by atoms with Crippen molar-refractivity contribution in [3.8, 4) is 5.75 Å². The number of fused-ring (bicyclic) bond motifs is 1. The highest BCUT2D eigenvalue weighted by Crippen LogP contribution is 2.19. The lowest BCUT2D eigenvalue weighted by Gasteiger charge is -2.07. The van der Waals surface area contributed by atoms with E-state index in [9.17, 15) is 0 Å². The summed E-state index contributed by atoms with van der Waals surface area (Å²) in [6.45, 7) is 2.25. The van der Waals surface area contributed by atoms with Gasteiger partial charge in [-0.25, -0.2) is 4.98 Å². The minimum Gasteiger partial charge on any atom is -0.492 e. The molecule has 0 atom stereocenters. The van der Waals surface area contributed by atoms with Crippen molar-refractivity contribution in [3.63, 3.8) is 0 Å². The second-order valence-corrected chi connectivity index (χ2v) is 4.91. The predicted molar refractivity (Wildman–Crippen MR) is 84.4 cm³/mol. The summed E-state index contributed by atoms with van der Waals surface area (Å²) in [6, 6.07) is 14.0. The van der Waals surface area contributed by atoms with E-state index in [1.807, 2.05) is 49.6 Å². The van der Waals surface area contributed by atoms with Gasteiger partial charge in [0, 0.05) is 24.3 Å². The fraction of sp³-hybridized carbons (Fsp3) is 0.235. The van der Waals surface area contributed by atoms with Crippen LogP contribution in [0.15, 0.2) is 54.9 Å². The maximum atomic E-state index is 5.76. The van der Waals surface area contributed by atoms with Crippen LogP contribution in [0.4, 0.5) is 0 Å². The zero-order valence-corrected chi connectivity index (χ0v) is 12.1. The van der Waals surface area contributed by atoms with E-state index >= 15 is 0 Å². The summed E-state index contributed by atoms with van der Waals surface area (Å²) in [6.07, 6.45) is 3.99. The minimum atomic E-state index is 0.628. The normalized spacial score (nSPS) is 10.9. The molecule has 0 saturated heterocycles. The Morgan fingerprint density at radius 2 is 2.00 bits per heavy atom. The van der Waals surface area contributed by atoms with Crippen molar-refractivity contribution in [1.82, 2.24) is 14.9 Å². The fourth-order valence-electron chi connectivity index (χ4n) is 2.48. The van der Waals surface area contributed by atoms with Crippen LogP contribution in [0.3, 0.4) is 0 Å². The fourth-order valence-corrected chi connectivity index (χ4v) is 2.48. The summed E-state index contributed by atoms with van der Waals surface area (Å²) in [5.41, 5.74) is 2.28. The molecule has 1 N–H and O–H groups in total. The maximum Gasteiger partial charge on any atom is 0.140 e. The van der Waals surface area contributed by atoms with Crippen molar-refractivity contribution < 1.29 is 4.74 Å². The average molecular weight is 281 g/mol. The Hall–Kier alpha value is -2.33. The van der Waals surface area contributed by atoms with Gasteiger partial charge in [-0.1, -0.05) is 18.2 Å². The van der Waals surface area contributed by atoms with Gasteiger partial charge in [0.15, 0.2) is 0 Å². The topological polar surface area (TPSA) is 39.1 Å². The van der Waals surface area contributed by atoms with Crippen LogP contribution in [0.2, 0.25) is 0 Å². The lowest BCUT2D eigenvalue weighted by molar-refractivity contribution is 0.300. The van der Waals surface area contributed by atoms with Gasteiger partial charge in [-0.3, -0.25) is 0 Å². The molecule has 3 rings (SSSR count). The van der Waals surface area contributed by atoms with E-state index in [-0.39, 0.29) is 0 Å². The third kappa shape index (κ3) is 3.06. The molecular formula is C17H19N3O. The zero-order valence-electron chi connectivity index (χ0n) is 12.1. The largest absolute Gasteiger partial charge is 0.492 e. The monoisotopic (exact) mass is 281 g/mol. The highest BCUT2D eigenvalue weighted by molar-refractivity contribution is 5.80. The van der Waals surface area contributed by atoms with E-state index in [1.165, 1.54) is 10.9 Å². The van der Waals surface area contributed by atoms with Crippen LogP contribution in [0.1, 0.15) is 5.56 Å². The van der Waals surface area contributed by atoms with Gasteiger partial charge in [-0.2, -0.15) is 0 Å². The minimum absolute atomic E-state index is 0.628. The number of nitrogens with zero attached hydrogens (tertiary/aromatic N) is 2. The maximum absolute atomic E-state index is 5.76. The van der Waals surface area contributed by atoms with Crippen LogP contribution < -0.4 is 10.1 Å². The molecule has 4 heteroatoms. The molecule has 0 fully saturated rings. The number of benzene rings is 1. The molecule has 2 heterocycles. The third-order valence-corrected chi connectivity index (χ3v) is 3.43. The average Bonchev–Trinajstić information content (AvgIpc) is 2.87. The van der Waals surface area contributed by atoms with Crippen molar-refractivity contribution in [2.45, 2.75) is 13.1 Å². The molecule has 0 aliphatic heterocycles. The molecule has 4 nitrogen and oxygen atoms in total. The van der Waals surface area contributed by atoms with Crippen LogP contribution in [0.5, 0.6) is 5.75 Å². The smallest absolute Gasteiger partial charge is 0.140 e. The van der Waals surface area contributed by atoms with Crippen molar-refractivity contribution in [2.75, 3.05) is 13.7 Å². The van der Waals surface area contributed by atoms with Gasteiger partial charge in [-0.05, 0) is 36.9 Å². The molecule has 0 radical (unpaired) electrons. The van der Waals surface area contributed by atoms with E-state index in [2.05, 4.69) is 27.1 Å². The quantitative estimate of drug-likeness (QED) is 0.755. The molecule has 0 amide bonds. The summed E-state index contributed by atoms with van der Waals surface area (Å²) in [4.78, 5) is 4.49. The van der Waals surface area contributed by atoms with Crippen molar-refractivity contribution in [1.29, 1.82) is 0 Å². The van der Waals surface area contributed by atoms with E-state index in [1.54, 1.807) is 0 Å². The molecular weight excluding hydrogens is 262 g/mol. The van der Waals surface area contributed by atoms with Gasteiger partial charge in [-0.15, -0.1) is 0 Å². The molecule has 0 aliphatic rings. The zero-order chi connectivity index (χ0) is 14.5. The summed E-state index contributed by atoms with van der Waals surface area (Å²) in [7, 11) is 1.96. The Morgan fingerprint density at radius 3 is 2.81 bits per heavy atom. The highest BCUT2D eigenvalue weighted by atomic mass is 16.5. The summed E-state index contributed by atoms with van der Waals surface area (Å²) >= 11 is 0. The molecule has 108 valence electrons. The van der Waals surface area contributed by atoms with E-state index in [4.69, 9.17) is 4.74 Å². The summed E-state index contributed by atoms with van der Waals surface area (Å²) < 4.78 is 7.92. The number of rotatable bonds is 6. The van der Waals surface area contributed by atoms with Gasteiger partial charge >= 0.3 is 0 Å². The first kappa shape index (κ1) is 13.6. The SMILES string of the molecule is CNCc1cn(CCOc2ccccc2)c2ncccc12. The molecule has 3 aromatic rings. The first-order valence-corrected chi connectivity index (χ1v) is 7.13. The molecule has 21 heavy (non-hydrogen) atoms. The predicted octanol–water partition coefficient (Wildman–Crippen LogP) is 2.83. The van der Waals surface area contributed by atoms with Crippen molar-refractivity contribution >= 4 is 11.0 Å². The standard InChI is InChI=1S/C17H19N3O/c1-18-12-14-13-20(17-16(14)8-5-9-19-17)10-11-21-15-6-3-2-4-7-15/h2-9,13,18H,10-12H2,1H3. The van der Waals surface area contributed by atoms with Gasteiger partial charge < -0.3 is 14.6 Å². The van der Waals surface area contributed by atoms with E-state index in [0.717, 1.165) is 24.5 Å². The van der Waals surface area contributed by atoms with E-state index < -0.39 is 0 Å². The Bertz CT molecular complexity index is 706. The number of nitrogens with one attached hydrogen (secondary N) is 1. The van der Waals surface area contributed by atoms with Crippen molar-refractivity contribution in [3.05, 3.63) is 60.4 Å². The highest BCUT2D eigenvalue weighted by Gasteiger charge is 2.08. The van der Waals surface area contributed by atoms with E-state index in [0.29, 0.717) is 6.61 Å².